The molecule has 0 saturated heterocycles. The number of benzene rings is 1. The third kappa shape index (κ3) is 5.42. The van der Waals surface area contributed by atoms with Gasteiger partial charge < -0.3 is 0 Å². The van der Waals surface area contributed by atoms with E-state index in [-0.39, 0.29) is 23.2 Å². The summed E-state index contributed by atoms with van der Waals surface area (Å²) in [6.45, 7) is 1.59. The van der Waals surface area contributed by atoms with Crippen molar-refractivity contribution >= 4 is 31.6 Å². The van der Waals surface area contributed by atoms with Gasteiger partial charge in [0, 0.05) is 17.6 Å². The van der Waals surface area contributed by atoms with Crippen molar-refractivity contribution in [1.82, 2.24) is 9.44 Å². The second-order valence-corrected chi connectivity index (χ2v) is 9.77. The van der Waals surface area contributed by atoms with E-state index < -0.39 is 20.0 Å². The number of sulfonamides is 2. The third-order valence-corrected chi connectivity index (χ3v) is 7.12. The first-order chi connectivity index (χ1) is 10.7. The second kappa shape index (κ2) is 7.48. The van der Waals surface area contributed by atoms with Crippen LogP contribution in [-0.4, -0.2) is 35.2 Å². The Morgan fingerprint density at radius 3 is 2.43 bits per heavy atom. The highest BCUT2D eigenvalue weighted by Crippen LogP contribution is 2.20. The van der Waals surface area contributed by atoms with E-state index in [0.29, 0.717) is 5.02 Å². The molecule has 23 heavy (non-hydrogen) atoms. The zero-order valence-electron chi connectivity index (χ0n) is 12.9. The molecular weight excluding hydrogens is 360 g/mol. The van der Waals surface area contributed by atoms with Gasteiger partial charge in [0.15, 0.2) is 0 Å². The van der Waals surface area contributed by atoms with Gasteiger partial charge in [-0.1, -0.05) is 30.5 Å². The summed E-state index contributed by atoms with van der Waals surface area (Å²) in [4.78, 5) is 0.0225. The zero-order valence-corrected chi connectivity index (χ0v) is 15.3. The van der Waals surface area contributed by atoms with Gasteiger partial charge in [-0.25, -0.2) is 26.3 Å². The van der Waals surface area contributed by atoms with Crippen LogP contribution in [0.1, 0.15) is 31.2 Å². The molecule has 9 heteroatoms. The van der Waals surface area contributed by atoms with Crippen LogP contribution in [0.2, 0.25) is 5.02 Å². The largest absolute Gasteiger partial charge is 0.240 e. The minimum Gasteiger partial charge on any atom is -0.212 e. The van der Waals surface area contributed by atoms with Crippen LogP contribution in [0.4, 0.5) is 0 Å². The van der Waals surface area contributed by atoms with Gasteiger partial charge in [-0.15, -0.1) is 0 Å². The Balaban J connectivity index is 1.92. The van der Waals surface area contributed by atoms with E-state index in [1.54, 1.807) is 13.0 Å². The van der Waals surface area contributed by atoms with Gasteiger partial charge in [0.1, 0.15) is 0 Å². The van der Waals surface area contributed by atoms with Crippen LogP contribution in [0, 0.1) is 6.92 Å². The number of nitrogens with one attached hydrogen (secondary N) is 2. The Bertz CT molecular complexity index is 757. The molecule has 0 bridgehead atoms. The minimum absolute atomic E-state index is 0.0208. The standard InChI is InChI=1S/C14H21ClN2O4S2/c1-11-6-7-13(10-14(11)15)23(20,21)16-8-9-22(18,19)17-12-4-2-3-5-12/h6-7,10,12,16-17H,2-5,8-9H2,1H3. The average molecular weight is 381 g/mol. The van der Waals surface area contributed by atoms with Crippen LogP contribution in [0.3, 0.4) is 0 Å². The van der Waals surface area contributed by atoms with Crippen molar-refractivity contribution in [3.8, 4) is 0 Å². The molecule has 0 radical (unpaired) electrons. The Hall–Kier alpha value is -0.670. The molecule has 6 nitrogen and oxygen atoms in total. The Morgan fingerprint density at radius 1 is 1.17 bits per heavy atom. The Morgan fingerprint density at radius 2 is 1.83 bits per heavy atom. The molecule has 1 aliphatic rings. The molecule has 0 atom stereocenters. The molecule has 2 rings (SSSR count). The molecule has 0 aliphatic heterocycles. The highest BCUT2D eigenvalue weighted by atomic mass is 35.5. The molecule has 0 aromatic heterocycles. The van der Waals surface area contributed by atoms with Crippen LogP contribution >= 0.6 is 11.6 Å². The average Bonchev–Trinajstić information content (AvgIpc) is 2.93. The van der Waals surface area contributed by atoms with Gasteiger partial charge in [0.25, 0.3) is 0 Å². The van der Waals surface area contributed by atoms with E-state index in [0.717, 1.165) is 31.2 Å². The molecule has 1 saturated carbocycles. The molecule has 2 N–H and O–H groups in total. The Kier molecular flexibility index (Phi) is 6.07. The van der Waals surface area contributed by atoms with Crippen molar-refractivity contribution in [3.63, 3.8) is 0 Å². The van der Waals surface area contributed by atoms with Crippen LogP contribution in [0.5, 0.6) is 0 Å². The van der Waals surface area contributed by atoms with Crippen LogP contribution in [-0.2, 0) is 20.0 Å². The molecule has 1 aromatic carbocycles. The van der Waals surface area contributed by atoms with E-state index in [1.165, 1.54) is 12.1 Å². The van der Waals surface area contributed by atoms with Gasteiger partial charge in [-0.3, -0.25) is 0 Å². The molecule has 0 spiro atoms. The summed E-state index contributed by atoms with van der Waals surface area (Å²) in [7, 11) is -7.26. The molecule has 0 heterocycles. The summed E-state index contributed by atoms with van der Waals surface area (Å²) in [6.07, 6.45) is 3.72. The Labute approximate surface area is 142 Å². The monoisotopic (exact) mass is 380 g/mol. The lowest BCUT2D eigenvalue weighted by Gasteiger charge is -2.13. The lowest BCUT2D eigenvalue weighted by atomic mass is 10.2. The fourth-order valence-electron chi connectivity index (χ4n) is 2.49. The minimum atomic E-state index is -3.78. The van der Waals surface area contributed by atoms with Gasteiger partial charge in [0.2, 0.25) is 20.0 Å². The molecule has 130 valence electrons. The van der Waals surface area contributed by atoms with E-state index in [9.17, 15) is 16.8 Å². The van der Waals surface area contributed by atoms with Crippen molar-refractivity contribution in [2.75, 3.05) is 12.3 Å². The number of hydrogen-bond acceptors (Lipinski definition) is 4. The molecule has 0 amide bonds. The van der Waals surface area contributed by atoms with E-state index in [1.807, 2.05) is 0 Å². The second-order valence-electron chi connectivity index (χ2n) is 5.73. The van der Waals surface area contributed by atoms with E-state index >= 15 is 0 Å². The van der Waals surface area contributed by atoms with Crippen molar-refractivity contribution in [2.45, 2.75) is 43.5 Å². The quantitative estimate of drug-likeness (QED) is 0.754. The maximum Gasteiger partial charge on any atom is 0.240 e. The highest BCUT2D eigenvalue weighted by molar-refractivity contribution is 7.90. The first kappa shape index (κ1) is 18.7. The van der Waals surface area contributed by atoms with Gasteiger partial charge >= 0.3 is 0 Å². The smallest absolute Gasteiger partial charge is 0.212 e. The number of aryl methyl sites for hydroxylation is 1. The van der Waals surface area contributed by atoms with Crippen LogP contribution in [0.25, 0.3) is 0 Å². The fourth-order valence-corrected chi connectivity index (χ4v) is 5.16. The summed E-state index contributed by atoms with van der Waals surface area (Å²) < 4.78 is 53.1. The number of hydrogen-bond donors (Lipinski definition) is 2. The topological polar surface area (TPSA) is 92.3 Å². The number of halogens is 1. The third-order valence-electron chi connectivity index (χ3n) is 3.82. The van der Waals surface area contributed by atoms with Crippen molar-refractivity contribution in [2.24, 2.45) is 0 Å². The molecular formula is C14H21ClN2O4S2. The molecule has 1 aliphatic carbocycles. The van der Waals surface area contributed by atoms with E-state index in [2.05, 4.69) is 9.44 Å². The molecule has 1 fully saturated rings. The maximum atomic E-state index is 12.1. The van der Waals surface area contributed by atoms with Crippen molar-refractivity contribution in [3.05, 3.63) is 28.8 Å². The normalized spacial score (nSPS) is 16.8. The first-order valence-corrected chi connectivity index (χ1v) is 11.0. The summed E-state index contributed by atoms with van der Waals surface area (Å²) in [5.74, 6) is -0.289. The summed E-state index contributed by atoms with van der Waals surface area (Å²) in [6, 6.07) is 4.38. The molecule has 0 unspecified atom stereocenters. The maximum absolute atomic E-state index is 12.1. The highest BCUT2D eigenvalue weighted by Gasteiger charge is 2.22. The predicted molar refractivity (Wildman–Crippen MR) is 90.6 cm³/mol. The first-order valence-electron chi connectivity index (χ1n) is 7.45. The lowest BCUT2D eigenvalue weighted by molar-refractivity contribution is 0.550. The predicted octanol–water partition coefficient (Wildman–Crippen LogP) is 1.79. The zero-order chi connectivity index (χ0) is 17.1. The van der Waals surface area contributed by atoms with E-state index in [4.69, 9.17) is 11.6 Å². The number of rotatable bonds is 7. The van der Waals surface area contributed by atoms with Crippen molar-refractivity contribution < 1.29 is 16.8 Å². The summed E-state index contributed by atoms with van der Waals surface area (Å²) in [5, 5.41) is 0.350. The molecule has 1 aromatic rings. The fraction of sp³-hybridized carbons (Fsp3) is 0.571. The van der Waals surface area contributed by atoms with Gasteiger partial charge in [-0.2, -0.15) is 0 Å². The van der Waals surface area contributed by atoms with Gasteiger partial charge in [-0.05, 0) is 37.5 Å². The SMILES string of the molecule is Cc1ccc(S(=O)(=O)NCCS(=O)(=O)NC2CCCC2)cc1Cl. The van der Waals surface area contributed by atoms with Crippen LogP contribution in [0.15, 0.2) is 23.1 Å². The summed E-state index contributed by atoms with van der Waals surface area (Å²) in [5.41, 5.74) is 0.772. The van der Waals surface area contributed by atoms with Crippen molar-refractivity contribution in [1.29, 1.82) is 0 Å². The van der Waals surface area contributed by atoms with Gasteiger partial charge in [0.05, 0.1) is 10.6 Å². The summed E-state index contributed by atoms with van der Waals surface area (Å²) >= 11 is 5.92. The van der Waals surface area contributed by atoms with Crippen LogP contribution < -0.4 is 9.44 Å². The lowest BCUT2D eigenvalue weighted by Crippen LogP contribution is -2.38.